The Morgan fingerprint density at radius 2 is 1.65 bits per heavy atom. The summed E-state index contributed by atoms with van der Waals surface area (Å²) in [5.41, 5.74) is 5.36. The Labute approximate surface area is 137 Å². The van der Waals surface area contributed by atoms with Crippen LogP contribution in [0.5, 0.6) is 5.75 Å². The maximum Gasteiger partial charge on any atom is 0.127 e. The van der Waals surface area contributed by atoms with E-state index in [0.717, 1.165) is 28.0 Å². The second kappa shape index (κ2) is 6.85. The summed E-state index contributed by atoms with van der Waals surface area (Å²) in [4.78, 5) is 0. The summed E-state index contributed by atoms with van der Waals surface area (Å²) in [5, 5.41) is 0. The summed E-state index contributed by atoms with van der Waals surface area (Å²) in [5.74, 6) is 3.54. The lowest BCUT2D eigenvalue weighted by atomic mass is 10.0. The lowest BCUT2D eigenvalue weighted by Gasteiger charge is -2.13. The zero-order chi connectivity index (χ0) is 16.1. The molecule has 23 heavy (non-hydrogen) atoms. The Morgan fingerprint density at radius 1 is 0.913 bits per heavy atom. The van der Waals surface area contributed by atoms with Gasteiger partial charge in [-0.05, 0) is 36.2 Å². The van der Waals surface area contributed by atoms with Crippen LogP contribution in [-0.4, -0.2) is 0 Å². The molecule has 0 spiro atoms. The van der Waals surface area contributed by atoms with Gasteiger partial charge in [-0.2, -0.15) is 0 Å². The molecule has 0 bridgehead atoms. The van der Waals surface area contributed by atoms with Crippen LogP contribution in [0.15, 0.2) is 72.8 Å². The summed E-state index contributed by atoms with van der Waals surface area (Å²) in [6, 6.07) is 24.4. The van der Waals surface area contributed by atoms with E-state index in [4.69, 9.17) is 11.2 Å². The van der Waals surface area contributed by atoms with Gasteiger partial charge in [0, 0.05) is 11.1 Å². The monoisotopic (exact) mass is 298 g/mol. The standard InChI is InChI=1S/C22H18O/c1-3-18-11-14-22(23-16-19-7-5-4-6-8-19)21(15-18)20-12-9-17(2)10-13-20/h1,4-15H,16H2,2H3. The predicted octanol–water partition coefficient (Wildman–Crippen LogP) is 5.22. The molecule has 0 amide bonds. The van der Waals surface area contributed by atoms with Crippen LogP contribution in [0.4, 0.5) is 0 Å². The third-order valence-electron chi connectivity index (χ3n) is 3.75. The van der Waals surface area contributed by atoms with Crippen LogP contribution >= 0.6 is 0 Å². The molecule has 0 unspecified atom stereocenters. The number of ether oxygens (including phenoxy) is 1. The van der Waals surface area contributed by atoms with Gasteiger partial charge in [-0.1, -0.05) is 66.1 Å². The van der Waals surface area contributed by atoms with Crippen LogP contribution < -0.4 is 4.74 Å². The van der Waals surface area contributed by atoms with Crippen molar-refractivity contribution in [3.63, 3.8) is 0 Å². The smallest absolute Gasteiger partial charge is 0.127 e. The molecule has 0 fully saturated rings. The minimum atomic E-state index is 0.537. The van der Waals surface area contributed by atoms with E-state index in [-0.39, 0.29) is 0 Å². The number of hydrogen-bond donors (Lipinski definition) is 0. The molecule has 1 nitrogen and oxygen atoms in total. The van der Waals surface area contributed by atoms with Crippen LogP contribution in [0.3, 0.4) is 0 Å². The third kappa shape index (κ3) is 3.62. The van der Waals surface area contributed by atoms with E-state index >= 15 is 0 Å². The Kier molecular flexibility index (Phi) is 4.45. The van der Waals surface area contributed by atoms with Gasteiger partial charge in [-0.3, -0.25) is 0 Å². The molecule has 0 aliphatic carbocycles. The average Bonchev–Trinajstić information content (AvgIpc) is 2.61. The summed E-state index contributed by atoms with van der Waals surface area (Å²) in [6.07, 6.45) is 5.55. The molecule has 3 aromatic carbocycles. The van der Waals surface area contributed by atoms with Crippen molar-refractivity contribution in [2.24, 2.45) is 0 Å². The minimum Gasteiger partial charge on any atom is -0.488 e. The molecule has 0 saturated carbocycles. The van der Waals surface area contributed by atoms with E-state index in [1.807, 2.05) is 36.4 Å². The van der Waals surface area contributed by atoms with Crippen molar-refractivity contribution in [2.45, 2.75) is 13.5 Å². The van der Waals surface area contributed by atoms with Gasteiger partial charge in [0.05, 0.1) is 0 Å². The molecule has 1 heteroatoms. The van der Waals surface area contributed by atoms with E-state index in [9.17, 15) is 0 Å². The Bertz CT molecular complexity index is 824. The fourth-order valence-electron chi connectivity index (χ4n) is 2.44. The first-order valence-corrected chi connectivity index (χ1v) is 7.61. The van der Waals surface area contributed by atoms with Crippen molar-refractivity contribution in [1.29, 1.82) is 0 Å². The van der Waals surface area contributed by atoms with Gasteiger partial charge in [0.15, 0.2) is 0 Å². The van der Waals surface area contributed by atoms with Crippen molar-refractivity contribution < 1.29 is 4.74 Å². The van der Waals surface area contributed by atoms with E-state index in [2.05, 4.69) is 49.2 Å². The molecular weight excluding hydrogens is 280 g/mol. The van der Waals surface area contributed by atoms with Crippen LogP contribution in [-0.2, 0) is 6.61 Å². The van der Waals surface area contributed by atoms with Gasteiger partial charge in [0.1, 0.15) is 12.4 Å². The molecular formula is C22H18O. The zero-order valence-electron chi connectivity index (χ0n) is 13.1. The summed E-state index contributed by atoms with van der Waals surface area (Å²) in [7, 11) is 0. The average molecular weight is 298 g/mol. The van der Waals surface area contributed by atoms with Crippen LogP contribution in [0.2, 0.25) is 0 Å². The molecule has 3 rings (SSSR count). The van der Waals surface area contributed by atoms with Gasteiger partial charge in [0.2, 0.25) is 0 Å². The molecule has 0 aromatic heterocycles. The van der Waals surface area contributed by atoms with Gasteiger partial charge >= 0.3 is 0 Å². The Balaban J connectivity index is 1.93. The maximum atomic E-state index is 6.04. The second-order valence-corrected chi connectivity index (χ2v) is 5.50. The van der Waals surface area contributed by atoms with E-state index < -0.39 is 0 Å². The SMILES string of the molecule is C#Cc1ccc(OCc2ccccc2)c(-c2ccc(C)cc2)c1. The lowest BCUT2D eigenvalue weighted by molar-refractivity contribution is 0.307. The maximum absolute atomic E-state index is 6.04. The molecule has 0 heterocycles. The lowest BCUT2D eigenvalue weighted by Crippen LogP contribution is -1.97. The van der Waals surface area contributed by atoms with Gasteiger partial charge in [0.25, 0.3) is 0 Å². The zero-order valence-corrected chi connectivity index (χ0v) is 13.1. The first kappa shape index (κ1) is 14.9. The second-order valence-electron chi connectivity index (χ2n) is 5.50. The van der Waals surface area contributed by atoms with Crippen molar-refractivity contribution in [1.82, 2.24) is 0 Å². The largest absolute Gasteiger partial charge is 0.488 e. The predicted molar refractivity (Wildman–Crippen MR) is 95.3 cm³/mol. The minimum absolute atomic E-state index is 0.537. The highest BCUT2D eigenvalue weighted by atomic mass is 16.5. The number of benzene rings is 3. The number of hydrogen-bond acceptors (Lipinski definition) is 1. The van der Waals surface area contributed by atoms with E-state index in [0.29, 0.717) is 6.61 Å². The molecule has 0 saturated heterocycles. The van der Waals surface area contributed by atoms with E-state index in [1.54, 1.807) is 0 Å². The fraction of sp³-hybridized carbons (Fsp3) is 0.0909. The first-order valence-electron chi connectivity index (χ1n) is 7.61. The molecule has 0 aliphatic rings. The Hall–Kier alpha value is -2.98. The molecule has 0 atom stereocenters. The summed E-state index contributed by atoms with van der Waals surface area (Å²) < 4.78 is 6.04. The fourth-order valence-corrected chi connectivity index (χ4v) is 2.44. The van der Waals surface area contributed by atoms with Crippen molar-refractivity contribution in [3.8, 4) is 29.2 Å². The molecule has 112 valence electrons. The quantitative estimate of drug-likeness (QED) is 0.600. The third-order valence-corrected chi connectivity index (χ3v) is 3.75. The van der Waals surface area contributed by atoms with Crippen molar-refractivity contribution >= 4 is 0 Å². The molecule has 0 radical (unpaired) electrons. The van der Waals surface area contributed by atoms with Crippen LogP contribution in [0, 0.1) is 19.3 Å². The molecule has 0 N–H and O–H groups in total. The van der Waals surface area contributed by atoms with Gasteiger partial charge in [-0.25, -0.2) is 0 Å². The molecule has 3 aromatic rings. The Morgan fingerprint density at radius 3 is 2.35 bits per heavy atom. The highest BCUT2D eigenvalue weighted by molar-refractivity contribution is 5.72. The summed E-state index contributed by atoms with van der Waals surface area (Å²) in [6.45, 7) is 2.61. The van der Waals surface area contributed by atoms with E-state index in [1.165, 1.54) is 5.56 Å². The normalized spacial score (nSPS) is 10.1. The van der Waals surface area contributed by atoms with Crippen molar-refractivity contribution in [2.75, 3.05) is 0 Å². The van der Waals surface area contributed by atoms with Gasteiger partial charge < -0.3 is 4.74 Å². The number of terminal acetylenes is 1. The highest BCUT2D eigenvalue weighted by Crippen LogP contribution is 2.31. The number of aryl methyl sites for hydroxylation is 1. The van der Waals surface area contributed by atoms with Crippen molar-refractivity contribution in [3.05, 3.63) is 89.5 Å². The number of rotatable bonds is 4. The van der Waals surface area contributed by atoms with Crippen LogP contribution in [0.25, 0.3) is 11.1 Å². The molecule has 0 aliphatic heterocycles. The topological polar surface area (TPSA) is 9.23 Å². The van der Waals surface area contributed by atoms with Crippen LogP contribution in [0.1, 0.15) is 16.7 Å². The highest BCUT2D eigenvalue weighted by Gasteiger charge is 2.08. The first-order chi connectivity index (χ1) is 11.3. The summed E-state index contributed by atoms with van der Waals surface area (Å²) >= 11 is 0. The van der Waals surface area contributed by atoms with Gasteiger partial charge in [-0.15, -0.1) is 6.42 Å².